The first-order valence-electron chi connectivity index (χ1n) is 7.17. The number of hydrogen-bond donors (Lipinski definition) is 1. The van der Waals surface area contributed by atoms with E-state index in [-0.39, 0.29) is 5.91 Å². The van der Waals surface area contributed by atoms with E-state index in [4.69, 9.17) is 5.26 Å². The van der Waals surface area contributed by atoms with Crippen LogP contribution in [0.15, 0.2) is 48.5 Å². The van der Waals surface area contributed by atoms with Crippen molar-refractivity contribution < 1.29 is 14.3 Å². The average molecular weight is 340 g/mol. The Morgan fingerprint density at radius 3 is 2.62 bits per heavy atom. The van der Waals surface area contributed by atoms with Crippen LogP contribution in [0, 0.1) is 11.3 Å². The topological polar surface area (TPSA) is 79.2 Å². The third-order valence-corrected chi connectivity index (χ3v) is 4.15. The molecular formula is C18H16N2O3S. The fourth-order valence-electron chi connectivity index (χ4n) is 2.00. The molecule has 1 N–H and O–H groups in total. The molecule has 2 rings (SSSR count). The maximum absolute atomic E-state index is 11.9. The number of nitrogens with zero attached hydrogens (tertiary/aromatic N) is 1. The number of carbonyl (C=O) groups is 2. The van der Waals surface area contributed by atoms with Crippen LogP contribution in [0.3, 0.4) is 0 Å². The summed E-state index contributed by atoms with van der Waals surface area (Å²) in [5.74, 6) is 0.421. The summed E-state index contributed by atoms with van der Waals surface area (Å²) in [6.07, 6.45) is 0. The lowest BCUT2D eigenvalue weighted by Gasteiger charge is -2.06. The van der Waals surface area contributed by atoms with Gasteiger partial charge in [-0.05, 0) is 42.0 Å². The highest BCUT2D eigenvalue weighted by Gasteiger charge is 2.07. The first kappa shape index (κ1) is 17.6. The maximum atomic E-state index is 11.9. The summed E-state index contributed by atoms with van der Waals surface area (Å²) in [6.45, 7) is 0. The normalized spacial score (nSPS) is 9.83. The summed E-state index contributed by atoms with van der Waals surface area (Å²) in [7, 11) is 1.32. The minimum atomic E-state index is -0.414. The lowest BCUT2D eigenvalue weighted by atomic mass is 10.2. The van der Waals surface area contributed by atoms with Crippen molar-refractivity contribution in [3.8, 4) is 6.07 Å². The predicted octanol–water partition coefficient (Wildman–Crippen LogP) is 3.22. The number of nitriles is 1. The molecule has 2 aromatic carbocycles. The van der Waals surface area contributed by atoms with Crippen molar-refractivity contribution in [1.29, 1.82) is 5.26 Å². The summed E-state index contributed by atoms with van der Waals surface area (Å²) in [5.41, 5.74) is 2.68. The fraction of sp³-hybridized carbons (Fsp3) is 0.167. The van der Waals surface area contributed by atoms with Crippen LogP contribution in [-0.4, -0.2) is 24.7 Å². The van der Waals surface area contributed by atoms with Crippen LogP contribution in [0.25, 0.3) is 0 Å². The van der Waals surface area contributed by atoms with Crippen LogP contribution in [0.4, 0.5) is 5.69 Å². The Balaban J connectivity index is 1.81. The largest absolute Gasteiger partial charge is 0.465 e. The lowest BCUT2D eigenvalue weighted by Crippen LogP contribution is -2.14. The molecule has 0 fully saturated rings. The van der Waals surface area contributed by atoms with Crippen LogP contribution < -0.4 is 5.32 Å². The van der Waals surface area contributed by atoms with Gasteiger partial charge in [-0.25, -0.2) is 4.79 Å². The van der Waals surface area contributed by atoms with Gasteiger partial charge in [0.05, 0.1) is 30.1 Å². The number of benzene rings is 2. The third kappa shape index (κ3) is 5.14. The van der Waals surface area contributed by atoms with Crippen LogP contribution in [0.5, 0.6) is 0 Å². The summed E-state index contributed by atoms with van der Waals surface area (Å²) < 4.78 is 4.62. The summed E-state index contributed by atoms with van der Waals surface area (Å²) in [6, 6.07) is 15.9. The lowest BCUT2D eigenvalue weighted by molar-refractivity contribution is -0.113. The second-order valence-electron chi connectivity index (χ2n) is 4.92. The summed E-state index contributed by atoms with van der Waals surface area (Å²) in [4.78, 5) is 23.3. The molecule has 0 aliphatic heterocycles. The number of nitrogens with one attached hydrogen (secondary N) is 1. The van der Waals surface area contributed by atoms with Crippen LogP contribution >= 0.6 is 11.8 Å². The number of thioether (sulfide) groups is 1. The average Bonchev–Trinajstić information content (AvgIpc) is 2.62. The summed E-state index contributed by atoms with van der Waals surface area (Å²) in [5, 5.41) is 11.6. The molecule has 6 heteroatoms. The Labute approximate surface area is 144 Å². The molecular weight excluding hydrogens is 324 g/mol. The molecule has 0 heterocycles. The van der Waals surface area contributed by atoms with Crippen molar-refractivity contribution in [2.45, 2.75) is 5.75 Å². The van der Waals surface area contributed by atoms with Gasteiger partial charge in [0.25, 0.3) is 0 Å². The van der Waals surface area contributed by atoms with E-state index in [9.17, 15) is 9.59 Å². The molecule has 0 bridgehead atoms. The third-order valence-electron chi connectivity index (χ3n) is 3.15. The van der Waals surface area contributed by atoms with Gasteiger partial charge in [-0.1, -0.05) is 12.1 Å². The molecule has 24 heavy (non-hydrogen) atoms. The van der Waals surface area contributed by atoms with Crippen LogP contribution in [-0.2, 0) is 15.3 Å². The number of hydrogen-bond acceptors (Lipinski definition) is 5. The first-order chi connectivity index (χ1) is 11.6. The van der Waals surface area contributed by atoms with Gasteiger partial charge in [0.1, 0.15) is 0 Å². The van der Waals surface area contributed by atoms with E-state index in [2.05, 4.69) is 16.1 Å². The number of methoxy groups -OCH3 is 1. The monoisotopic (exact) mass is 340 g/mol. The van der Waals surface area contributed by atoms with Gasteiger partial charge < -0.3 is 10.1 Å². The van der Waals surface area contributed by atoms with Gasteiger partial charge in [0.2, 0.25) is 5.91 Å². The van der Waals surface area contributed by atoms with E-state index in [0.29, 0.717) is 28.3 Å². The molecule has 0 aliphatic rings. The molecule has 122 valence electrons. The number of amides is 1. The van der Waals surface area contributed by atoms with Crippen molar-refractivity contribution in [2.24, 2.45) is 0 Å². The maximum Gasteiger partial charge on any atom is 0.337 e. The highest BCUT2D eigenvalue weighted by Crippen LogP contribution is 2.15. The zero-order valence-electron chi connectivity index (χ0n) is 13.1. The molecule has 0 aromatic heterocycles. The van der Waals surface area contributed by atoms with Crippen molar-refractivity contribution in [1.82, 2.24) is 0 Å². The highest BCUT2D eigenvalue weighted by atomic mass is 32.2. The van der Waals surface area contributed by atoms with E-state index in [1.165, 1.54) is 18.9 Å². The molecule has 0 saturated heterocycles. The predicted molar refractivity (Wildman–Crippen MR) is 93.7 cm³/mol. The Hall–Kier alpha value is -2.78. The van der Waals surface area contributed by atoms with E-state index in [1.54, 1.807) is 30.3 Å². The van der Waals surface area contributed by atoms with Gasteiger partial charge in [0.15, 0.2) is 0 Å². The number of anilines is 1. The van der Waals surface area contributed by atoms with E-state index < -0.39 is 5.97 Å². The van der Waals surface area contributed by atoms with Crippen molar-refractivity contribution in [3.63, 3.8) is 0 Å². The SMILES string of the molecule is COC(=O)c1ccc(NC(=O)CSCc2cccc(C#N)c2)cc1. The zero-order valence-corrected chi connectivity index (χ0v) is 13.9. The molecule has 0 atom stereocenters. The van der Waals surface area contributed by atoms with Gasteiger partial charge in [-0.15, -0.1) is 11.8 Å². The Morgan fingerprint density at radius 1 is 1.21 bits per heavy atom. The van der Waals surface area contributed by atoms with Gasteiger partial charge >= 0.3 is 5.97 Å². The fourth-order valence-corrected chi connectivity index (χ4v) is 2.77. The molecule has 0 radical (unpaired) electrons. The van der Waals surface area contributed by atoms with E-state index in [1.807, 2.05) is 18.2 Å². The van der Waals surface area contributed by atoms with Crippen LogP contribution in [0.2, 0.25) is 0 Å². The van der Waals surface area contributed by atoms with Gasteiger partial charge in [-0.3, -0.25) is 4.79 Å². The molecule has 2 aromatic rings. The standard InChI is InChI=1S/C18H16N2O3S/c1-23-18(22)15-5-7-16(8-6-15)20-17(21)12-24-11-14-4-2-3-13(9-14)10-19/h2-9H,11-12H2,1H3,(H,20,21). The Bertz CT molecular complexity index is 767. The smallest absolute Gasteiger partial charge is 0.337 e. The Morgan fingerprint density at radius 2 is 1.96 bits per heavy atom. The minimum absolute atomic E-state index is 0.123. The second-order valence-corrected chi connectivity index (χ2v) is 5.91. The van der Waals surface area contributed by atoms with E-state index in [0.717, 1.165) is 5.56 Å². The molecule has 0 unspecified atom stereocenters. The number of ether oxygens (including phenoxy) is 1. The highest BCUT2D eigenvalue weighted by molar-refractivity contribution is 7.99. The number of esters is 1. The van der Waals surface area contributed by atoms with Crippen molar-refractivity contribution >= 4 is 29.3 Å². The zero-order chi connectivity index (χ0) is 17.4. The minimum Gasteiger partial charge on any atom is -0.465 e. The van der Waals surface area contributed by atoms with Crippen molar-refractivity contribution in [2.75, 3.05) is 18.2 Å². The molecule has 5 nitrogen and oxygen atoms in total. The summed E-state index contributed by atoms with van der Waals surface area (Å²) >= 11 is 1.47. The quantitative estimate of drug-likeness (QED) is 0.817. The Kier molecular flexibility index (Phi) is 6.41. The van der Waals surface area contributed by atoms with Crippen molar-refractivity contribution in [3.05, 3.63) is 65.2 Å². The number of rotatable bonds is 6. The molecule has 0 spiro atoms. The molecule has 0 aliphatic carbocycles. The van der Waals surface area contributed by atoms with Gasteiger partial charge in [0, 0.05) is 11.4 Å². The number of carbonyl (C=O) groups excluding carboxylic acids is 2. The van der Waals surface area contributed by atoms with Crippen LogP contribution in [0.1, 0.15) is 21.5 Å². The molecule has 0 saturated carbocycles. The second kappa shape index (κ2) is 8.75. The van der Waals surface area contributed by atoms with E-state index >= 15 is 0 Å². The first-order valence-corrected chi connectivity index (χ1v) is 8.33. The molecule has 1 amide bonds. The van der Waals surface area contributed by atoms with Gasteiger partial charge in [-0.2, -0.15) is 5.26 Å².